The number of halogens is 1. The molecule has 0 aromatic carbocycles. The number of rotatable bonds is 5. The van der Waals surface area contributed by atoms with Crippen LogP contribution in [0, 0.1) is 0 Å². The molecule has 1 amide bonds. The summed E-state index contributed by atoms with van der Waals surface area (Å²) in [5, 5.41) is 6.59. The minimum absolute atomic E-state index is 0.00875. The van der Waals surface area contributed by atoms with Crippen LogP contribution in [0.1, 0.15) is 63.7 Å². The maximum absolute atomic E-state index is 12.1. The van der Waals surface area contributed by atoms with Crippen LogP contribution in [-0.4, -0.2) is 41.3 Å². The van der Waals surface area contributed by atoms with Crippen molar-refractivity contribution in [3.63, 3.8) is 0 Å². The van der Waals surface area contributed by atoms with Gasteiger partial charge in [-0.2, -0.15) is 0 Å². The number of hydrogen-bond donors (Lipinski definition) is 2. The molecule has 7 nitrogen and oxygen atoms in total. The van der Waals surface area contributed by atoms with Gasteiger partial charge in [-0.05, 0) is 59.4 Å². The number of carbonyl (C=O) groups excluding carboxylic acids is 2. The molecule has 2 rings (SSSR count). The van der Waals surface area contributed by atoms with Crippen LogP contribution in [0.25, 0.3) is 0 Å². The number of pyridine rings is 1. The molecule has 1 aromatic heterocycles. The Morgan fingerprint density at radius 1 is 1.30 bits per heavy atom. The minimum atomic E-state index is -0.529. The zero-order chi connectivity index (χ0) is 20.0. The van der Waals surface area contributed by atoms with E-state index >= 15 is 0 Å². The summed E-state index contributed by atoms with van der Waals surface area (Å²) in [7, 11) is 0. The molecule has 1 fully saturated rings. The number of alkyl carbamates (subject to hydrolysis) is 1. The summed E-state index contributed by atoms with van der Waals surface area (Å²) in [6.07, 6.45) is 4.50. The highest BCUT2D eigenvalue weighted by atomic mass is 35.5. The molecule has 1 saturated carbocycles. The topological polar surface area (TPSA) is 89.5 Å². The fraction of sp³-hybridized carbons (Fsp3) is 0.632. The Morgan fingerprint density at radius 3 is 2.67 bits per heavy atom. The molecule has 1 aliphatic rings. The number of hydrogen-bond acceptors (Lipinski definition) is 6. The molecule has 1 aliphatic carbocycles. The van der Waals surface area contributed by atoms with Gasteiger partial charge in [0.15, 0.2) is 0 Å². The van der Waals surface area contributed by atoms with E-state index in [4.69, 9.17) is 21.1 Å². The number of nitrogens with zero attached hydrogens (tertiary/aromatic N) is 1. The monoisotopic (exact) mass is 397 g/mol. The molecule has 1 heterocycles. The molecule has 2 atom stereocenters. The van der Waals surface area contributed by atoms with E-state index in [2.05, 4.69) is 15.6 Å². The van der Waals surface area contributed by atoms with Gasteiger partial charge in [-0.3, -0.25) is 0 Å². The first kappa shape index (κ1) is 21.3. The lowest BCUT2D eigenvalue weighted by Gasteiger charge is -2.32. The van der Waals surface area contributed by atoms with Gasteiger partial charge in [0.2, 0.25) is 0 Å². The highest BCUT2D eigenvalue weighted by molar-refractivity contribution is 6.29. The zero-order valence-corrected chi connectivity index (χ0v) is 17.1. The maximum atomic E-state index is 12.1. The average Bonchev–Trinajstić information content (AvgIpc) is 2.53. The maximum Gasteiger partial charge on any atom is 0.407 e. The molecule has 150 valence electrons. The Labute approximate surface area is 165 Å². The van der Waals surface area contributed by atoms with Crippen molar-refractivity contribution in [2.24, 2.45) is 0 Å². The summed E-state index contributed by atoms with van der Waals surface area (Å²) in [4.78, 5) is 28.1. The van der Waals surface area contributed by atoms with Gasteiger partial charge in [-0.1, -0.05) is 11.6 Å². The number of carbonyl (C=O) groups is 2. The van der Waals surface area contributed by atoms with Crippen molar-refractivity contribution in [1.29, 1.82) is 0 Å². The third-order valence-electron chi connectivity index (χ3n) is 4.12. The van der Waals surface area contributed by atoms with Gasteiger partial charge in [0.05, 0.1) is 12.3 Å². The fourth-order valence-corrected chi connectivity index (χ4v) is 3.22. The highest BCUT2D eigenvalue weighted by Gasteiger charge is 2.26. The molecular formula is C19H28ClN3O4. The Balaban J connectivity index is 2.02. The van der Waals surface area contributed by atoms with Crippen LogP contribution in [0.5, 0.6) is 0 Å². The van der Waals surface area contributed by atoms with Crippen molar-refractivity contribution in [2.45, 2.75) is 71.1 Å². The third kappa shape index (κ3) is 6.90. The predicted octanol–water partition coefficient (Wildman–Crippen LogP) is 4.16. The van der Waals surface area contributed by atoms with E-state index in [-0.39, 0.29) is 18.7 Å². The van der Waals surface area contributed by atoms with E-state index in [9.17, 15) is 9.59 Å². The number of esters is 1. The van der Waals surface area contributed by atoms with E-state index in [1.807, 2.05) is 20.8 Å². The van der Waals surface area contributed by atoms with Crippen LogP contribution >= 0.6 is 11.6 Å². The summed E-state index contributed by atoms with van der Waals surface area (Å²) in [5.74, 6) is -0.441. The van der Waals surface area contributed by atoms with Crippen molar-refractivity contribution in [3.8, 4) is 0 Å². The number of amides is 1. The lowest BCUT2D eigenvalue weighted by atomic mass is 9.90. The summed E-state index contributed by atoms with van der Waals surface area (Å²) >= 11 is 6.00. The summed E-state index contributed by atoms with van der Waals surface area (Å²) in [6.45, 7) is 7.54. The second-order valence-electron chi connectivity index (χ2n) is 7.62. The third-order valence-corrected chi connectivity index (χ3v) is 4.33. The van der Waals surface area contributed by atoms with Gasteiger partial charge in [0.1, 0.15) is 16.3 Å². The molecule has 27 heavy (non-hydrogen) atoms. The van der Waals surface area contributed by atoms with Crippen LogP contribution in [0.15, 0.2) is 12.3 Å². The smallest absolute Gasteiger partial charge is 0.407 e. The van der Waals surface area contributed by atoms with Gasteiger partial charge in [0, 0.05) is 18.3 Å². The predicted molar refractivity (Wildman–Crippen MR) is 104 cm³/mol. The largest absolute Gasteiger partial charge is 0.462 e. The quantitative estimate of drug-likeness (QED) is 0.572. The first-order valence-electron chi connectivity index (χ1n) is 9.26. The highest BCUT2D eigenvalue weighted by Crippen LogP contribution is 2.26. The molecule has 1 aromatic rings. The molecule has 0 spiro atoms. The van der Waals surface area contributed by atoms with E-state index in [0.717, 1.165) is 25.7 Å². The molecule has 2 unspecified atom stereocenters. The van der Waals surface area contributed by atoms with Crippen LogP contribution in [0.4, 0.5) is 10.5 Å². The van der Waals surface area contributed by atoms with E-state index in [1.54, 1.807) is 13.0 Å². The van der Waals surface area contributed by atoms with Crippen molar-refractivity contribution in [1.82, 2.24) is 10.3 Å². The lowest BCUT2D eigenvalue weighted by Crippen LogP contribution is -2.44. The lowest BCUT2D eigenvalue weighted by molar-refractivity contribution is 0.0490. The minimum Gasteiger partial charge on any atom is -0.462 e. The Kier molecular flexibility index (Phi) is 7.30. The van der Waals surface area contributed by atoms with Crippen LogP contribution in [0.3, 0.4) is 0 Å². The molecule has 0 saturated heterocycles. The van der Waals surface area contributed by atoms with Crippen LogP contribution in [0.2, 0.25) is 5.15 Å². The molecule has 0 aliphatic heterocycles. The second kappa shape index (κ2) is 9.26. The Bertz CT molecular complexity index is 675. The van der Waals surface area contributed by atoms with Gasteiger partial charge in [-0.15, -0.1) is 0 Å². The van der Waals surface area contributed by atoms with Gasteiger partial charge >= 0.3 is 12.1 Å². The number of anilines is 1. The molecule has 8 heteroatoms. The van der Waals surface area contributed by atoms with Crippen molar-refractivity contribution in [3.05, 3.63) is 23.0 Å². The Hall–Kier alpha value is -2.02. The first-order chi connectivity index (χ1) is 12.7. The first-order valence-corrected chi connectivity index (χ1v) is 9.64. The molecule has 0 radical (unpaired) electrons. The van der Waals surface area contributed by atoms with Crippen molar-refractivity contribution >= 4 is 29.4 Å². The number of aromatic nitrogens is 1. The van der Waals surface area contributed by atoms with Gasteiger partial charge < -0.3 is 20.1 Å². The molecule has 0 bridgehead atoms. The fourth-order valence-electron chi connectivity index (χ4n) is 3.07. The van der Waals surface area contributed by atoms with Crippen LogP contribution < -0.4 is 10.6 Å². The van der Waals surface area contributed by atoms with E-state index in [0.29, 0.717) is 16.4 Å². The van der Waals surface area contributed by atoms with Crippen LogP contribution in [-0.2, 0) is 9.47 Å². The summed E-state index contributed by atoms with van der Waals surface area (Å²) in [6, 6.07) is 1.72. The normalized spacial score (nSPS) is 19.9. The number of ether oxygens (including phenoxy) is 2. The van der Waals surface area contributed by atoms with Gasteiger partial charge in [-0.25, -0.2) is 14.6 Å². The van der Waals surface area contributed by atoms with E-state index < -0.39 is 17.7 Å². The molecular weight excluding hydrogens is 370 g/mol. The summed E-state index contributed by atoms with van der Waals surface area (Å²) in [5.41, 5.74) is 0.415. The summed E-state index contributed by atoms with van der Waals surface area (Å²) < 4.78 is 10.4. The zero-order valence-electron chi connectivity index (χ0n) is 16.3. The van der Waals surface area contributed by atoms with E-state index in [1.165, 1.54) is 6.20 Å². The van der Waals surface area contributed by atoms with Crippen molar-refractivity contribution < 1.29 is 19.1 Å². The average molecular weight is 398 g/mol. The Morgan fingerprint density at radius 2 is 2.00 bits per heavy atom. The van der Waals surface area contributed by atoms with Crippen molar-refractivity contribution in [2.75, 3.05) is 11.9 Å². The SMILES string of the molecule is CCOC(=O)c1cnc(Cl)cc1NC1CCCC(NC(=O)OC(C)(C)C)C1. The van der Waals surface area contributed by atoms with Gasteiger partial charge in [0.25, 0.3) is 0 Å². The standard InChI is InChI=1S/C19H28ClN3O4/c1-5-26-17(24)14-11-21-16(20)10-15(14)22-12-7-6-8-13(9-12)23-18(25)27-19(2,3)4/h10-13H,5-9H2,1-4H3,(H,21,22)(H,23,25). The second-order valence-corrected chi connectivity index (χ2v) is 8.01. The molecule has 2 N–H and O–H groups in total. The number of nitrogens with one attached hydrogen (secondary N) is 2.